The first-order chi connectivity index (χ1) is 13.9. The molecule has 0 atom stereocenters. The van der Waals surface area contributed by atoms with Crippen molar-refractivity contribution in [2.75, 3.05) is 18.5 Å². The lowest BCUT2D eigenvalue weighted by molar-refractivity contribution is -0.116. The van der Waals surface area contributed by atoms with Gasteiger partial charge in [0.15, 0.2) is 0 Å². The third-order valence-corrected chi connectivity index (χ3v) is 4.74. The molecule has 2 aromatic rings. The lowest BCUT2D eigenvalue weighted by Crippen LogP contribution is -2.31. The molecule has 29 heavy (non-hydrogen) atoms. The van der Waals surface area contributed by atoms with Gasteiger partial charge in [-0.05, 0) is 43.7 Å². The van der Waals surface area contributed by atoms with E-state index in [4.69, 9.17) is 16.3 Å². The molecule has 0 aliphatic carbocycles. The number of amides is 3. The van der Waals surface area contributed by atoms with Crippen molar-refractivity contribution in [3.8, 4) is 0 Å². The van der Waals surface area contributed by atoms with E-state index < -0.39 is 5.97 Å². The minimum Gasteiger partial charge on any atom is -0.462 e. The Labute approximate surface area is 172 Å². The molecule has 1 heterocycles. The van der Waals surface area contributed by atoms with Crippen LogP contribution in [0.3, 0.4) is 0 Å². The molecule has 0 radical (unpaired) electrons. The van der Waals surface area contributed by atoms with Crippen LogP contribution < -0.4 is 5.32 Å². The molecule has 1 aliphatic heterocycles. The fourth-order valence-corrected chi connectivity index (χ4v) is 3.23. The normalized spacial score (nSPS) is 12.7. The monoisotopic (exact) mass is 414 g/mol. The smallest absolute Gasteiger partial charge is 0.339 e. The van der Waals surface area contributed by atoms with E-state index in [1.165, 1.54) is 12.1 Å². The minimum atomic E-state index is -0.570. The maximum Gasteiger partial charge on any atom is 0.339 e. The number of carbonyl (C=O) groups is 4. The van der Waals surface area contributed by atoms with Crippen LogP contribution in [0, 0.1) is 0 Å². The summed E-state index contributed by atoms with van der Waals surface area (Å²) < 4.78 is 4.93. The van der Waals surface area contributed by atoms with Gasteiger partial charge in [-0.2, -0.15) is 0 Å². The van der Waals surface area contributed by atoms with E-state index in [9.17, 15) is 19.2 Å². The average molecular weight is 415 g/mol. The Morgan fingerprint density at radius 3 is 2.34 bits per heavy atom. The molecule has 3 rings (SSSR count). The van der Waals surface area contributed by atoms with Gasteiger partial charge in [-0.15, -0.1) is 0 Å². The second-order valence-corrected chi connectivity index (χ2v) is 6.78. The zero-order chi connectivity index (χ0) is 21.0. The molecule has 2 aromatic carbocycles. The topological polar surface area (TPSA) is 92.8 Å². The lowest BCUT2D eigenvalue weighted by Gasteiger charge is -2.13. The predicted molar refractivity (Wildman–Crippen MR) is 107 cm³/mol. The molecule has 7 nitrogen and oxygen atoms in total. The van der Waals surface area contributed by atoms with Gasteiger partial charge in [-0.3, -0.25) is 19.3 Å². The van der Waals surface area contributed by atoms with Gasteiger partial charge in [0.2, 0.25) is 5.91 Å². The molecule has 0 saturated carbocycles. The van der Waals surface area contributed by atoms with E-state index in [2.05, 4.69) is 5.32 Å². The second kappa shape index (κ2) is 8.87. The van der Waals surface area contributed by atoms with Crippen molar-refractivity contribution < 1.29 is 23.9 Å². The van der Waals surface area contributed by atoms with Gasteiger partial charge in [0, 0.05) is 18.7 Å². The van der Waals surface area contributed by atoms with Gasteiger partial charge >= 0.3 is 5.97 Å². The average Bonchev–Trinajstić information content (AvgIpc) is 2.95. The van der Waals surface area contributed by atoms with Crippen molar-refractivity contribution in [3.63, 3.8) is 0 Å². The fourth-order valence-electron chi connectivity index (χ4n) is 3.03. The second-order valence-electron chi connectivity index (χ2n) is 6.37. The lowest BCUT2D eigenvalue weighted by atomic mass is 10.1. The summed E-state index contributed by atoms with van der Waals surface area (Å²) in [5, 5.41) is 2.91. The summed E-state index contributed by atoms with van der Waals surface area (Å²) in [5.41, 5.74) is 1.34. The van der Waals surface area contributed by atoms with Crippen LogP contribution in [0.2, 0.25) is 5.02 Å². The molecular weight excluding hydrogens is 396 g/mol. The summed E-state index contributed by atoms with van der Waals surface area (Å²) in [7, 11) is 0. The molecule has 150 valence electrons. The minimum absolute atomic E-state index is 0.102. The Morgan fingerprint density at radius 1 is 1.07 bits per heavy atom. The van der Waals surface area contributed by atoms with Crippen molar-refractivity contribution in [2.45, 2.75) is 19.8 Å². The van der Waals surface area contributed by atoms with Crippen LogP contribution >= 0.6 is 11.6 Å². The highest BCUT2D eigenvalue weighted by atomic mass is 35.5. The van der Waals surface area contributed by atoms with Crippen LogP contribution in [0.4, 0.5) is 5.69 Å². The van der Waals surface area contributed by atoms with Crippen molar-refractivity contribution in [3.05, 3.63) is 64.2 Å². The summed E-state index contributed by atoms with van der Waals surface area (Å²) in [5.74, 6) is -1.57. The highest BCUT2D eigenvalue weighted by Gasteiger charge is 2.34. The van der Waals surface area contributed by atoms with E-state index in [-0.39, 0.29) is 47.9 Å². The van der Waals surface area contributed by atoms with Crippen LogP contribution in [-0.4, -0.2) is 41.7 Å². The van der Waals surface area contributed by atoms with Gasteiger partial charge in [0.1, 0.15) is 0 Å². The summed E-state index contributed by atoms with van der Waals surface area (Å²) in [4.78, 5) is 49.9. The number of nitrogens with one attached hydrogen (secondary N) is 1. The molecule has 0 saturated heterocycles. The fraction of sp³-hybridized carbons (Fsp3) is 0.238. The quantitative estimate of drug-likeness (QED) is 0.552. The molecule has 0 fully saturated rings. The number of anilines is 1. The van der Waals surface area contributed by atoms with Crippen LogP contribution in [0.1, 0.15) is 50.8 Å². The summed E-state index contributed by atoms with van der Waals surface area (Å²) in [6.45, 7) is 2.05. The first-order valence-corrected chi connectivity index (χ1v) is 9.52. The first kappa shape index (κ1) is 20.5. The number of nitrogens with zero attached hydrogens (tertiary/aromatic N) is 1. The Kier molecular flexibility index (Phi) is 6.29. The zero-order valence-corrected chi connectivity index (χ0v) is 16.5. The molecular formula is C21H19ClN2O5. The van der Waals surface area contributed by atoms with E-state index in [0.29, 0.717) is 23.2 Å². The molecule has 1 N–H and O–H groups in total. The largest absolute Gasteiger partial charge is 0.462 e. The van der Waals surface area contributed by atoms with Gasteiger partial charge in [-0.25, -0.2) is 4.79 Å². The summed E-state index contributed by atoms with van der Waals surface area (Å²) in [6.07, 6.45) is 0.417. The van der Waals surface area contributed by atoms with Crippen LogP contribution in [0.25, 0.3) is 0 Å². The van der Waals surface area contributed by atoms with Gasteiger partial charge < -0.3 is 10.1 Å². The van der Waals surface area contributed by atoms with Gasteiger partial charge in [0.05, 0.1) is 28.3 Å². The van der Waals surface area contributed by atoms with E-state index in [1.54, 1.807) is 37.3 Å². The number of fused-ring (bicyclic) bond motifs is 1. The molecule has 0 aromatic heterocycles. The highest BCUT2D eigenvalue weighted by molar-refractivity contribution is 6.33. The Morgan fingerprint density at radius 2 is 1.72 bits per heavy atom. The number of hydrogen-bond donors (Lipinski definition) is 1. The Hall–Kier alpha value is -3.19. The summed E-state index contributed by atoms with van der Waals surface area (Å²) in [6, 6.07) is 11.2. The number of carbonyl (C=O) groups excluding carboxylic acids is 4. The van der Waals surface area contributed by atoms with Crippen molar-refractivity contribution >= 4 is 41.0 Å². The number of rotatable bonds is 7. The molecule has 1 aliphatic rings. The number of halogens is 1. The molecule has 0 spiro atoms. The van der Waals surface area contributed by atoms with Crippen molar-refractivity contribution in [2.24, 2.45) is 0 Å². The van der Waals surface area contributed by atoms with Crippen LogP contribution in [0.5, 0.6) is 0 Å². The molecule has 3 amide bonds. The number of benzene rings is 2. The third kappa shape index (κ3) is 4.46. The zero-order valence-electron chi connectivity index (χ0n) is 15.7. The maximum absolute atomic E-state index is 12.3. The van der Waals surface area contributed by atoms with Crippen molar-refractivity contribution in [1.82, 2.24) is 4.90 Å². The predicted octanol–water partition coefficient (Wildman–Crippen LogP) is 3.53. The Bertz CT molecular complexity index is 954. The molecule has 0 bridgehead atoms. The number of imide groups is 1. The Balaban J connectivity index is 1.55. The SMILES string of the molecule is CCOC(=O)c1cc(NC(=O)CCCN2C(=O)c3ccccc3C2=O)ccc1Cl. The molecule has 8 heteroatoms. The van der Waals surface area contributed by atoms with Crippen LogP contribution in [0.15, 0.2) is 42.5 Å². The first-order valence-electron chi connectivity index (χ1n) is 9.14. The maximum atomic E-state index is 12.3. The van der Waals surface area contributed by atoms with Gasteiger partial charge in [-0.1, -0.05) is 23.7 Å². The standard InChI is InChI=1S/C21H19ClN2O5/c1-2-29-21(28)16-12-13(9-10-17(16)22)23-18(25)8-5-11-24-19(26)14-6-3-4-7-15(14)20(24)27/h3-4,6-7,9-10,12H,2,5,8,11H2,1H3,(H,23,25). The van der Waals surface area contributed by atoms with E-state index in [1.807, 2.05) is 0 Å². The molecule has 0 unspecified atom stereocenters. The van der Waals surface area contributed by atoms with E-state index >= 15 is 0 Å². The number of esters is 1. The number of ether oxygens (including phenoxy) is 1. The van der Waals surface area contributed by atoms with E-state index in [0.717, 1.165) is 4.90 Å². The third-order valence-electron chi connectivity index (χ3n) is 4.41. The number of hydrogen-bond acceptors (Lipinski definition) is 5. The highest BCUT2D eigenvalue weighted by Crippen LogP contribution is 2.23. The van der Waals surface area contributed by atoms with Gasteiger partial charge in [0.25, 0.3) is 11.8 Å². The van der Waals surface area contributed by atoms with Crippen molar-refractivity contribution in [1.29, 1.82) is 0 Å². The summed E-state index contributed by atoms with van der Waals surface area (Å²) >= 11 is 6.00. The van der Waals surface area contributed by atoms with Crippen LogP contribution in [-0.2, 0) is 9.53 Å².